The highest BCUT2D eigenvalue weighted by molar-refractivity contribution is 5.71. The van der Waals surface area contributed by atoms with Crippen molar-refractivity contribution in [3.05, 3.63) is 30.1 Å². The van der Waals surface area contributed by atoms with Crippen LogP contribution in [0.2, 0.25) is 0 Å². The standard InChI is InChI=1S/C16H23N3O2/c1-15(2,3)21-14(20)19-13-4-7-16(19,11-18-10-13)12-5-8-17-9-6-12/h5-6,8-9,13,18H,4,7,10-11H2,1-3H3. The van der Waals surface area contributed by atoms with E-state index in [1.54, 1.807) is 12.4 Å². The summed E-state index contributed by atoms with van der Waals surface area (Å²) >= 11 is 0. The van der Waals surface area contributed by atoms with Crippen LogP contribution in [0.15, 0.2) is 24.5 Å². The third kappa shape index (κ3) is 2.50. The molecule has 1 amide bonds. The van der Waals surface area contributed by atoms with Crippen LogP contribution in [0, 0.1) is 0 Å². The third-order valence-electron chi connectivity index (χ3n) is 4.32. The number of amides is 1. The molecule has 2 saturated heterocycles. The summed E-state index contributed by atoms with van der Waals surface area (Å²) < 4.78 is 5.65. The molecule has 2 aliphatic rings. The summed E-state index contributed by atoms with van der Waals surface area (Å²) in [6, 6.07) is 4.22. The van der Waals surface area contributed by atoms with Gasteiger partial charge in [-0.05, 0) is 51.3 Å². The van der Waals surface area contributed by atoms with Gasteiger partial charge in [0.25, 0.3) is 0 Å². The topological polar surface area (TPSA) is 54.5 Å². The Labute approximate surface area is 125 Å². The van der Waals surface area contributed by atoms with Crippen molar-refractivity contribution in [2.45, 2.75) is 50.8 Å². The largest absolute Gasteiger partial charge is 0.444 e. The van der Waals surface area contributed by atoms with Gasteiger partial charge in [0.2, 0.25) is 0 Å². The number of pyridine rings is 1. The highest BCUT2D eigenvalue weighted by Gasteiger charge is 2.53. The molecule has 5 nitrogen and oxygen atoms in total. The van der Waals surface area contributed by atoms with Crippen molar-refractivity contribution in [1.82, 2.24) is 15.2 Å². The van der Waals surface area contributed by atoms with Gasteiger partial charge in [0.05, 0.1) is 5.54 Å². The van der Waals surface area contributed by atoms with Gasteiger partial charge in [-0.25, -0.2) is 4.79 Å². The zero-order valence-corrected chi connectivity index (χ0v) is 12.9. The van der Waals surface area contributed by atoms with Crippen molar-refractivity contribution >= 4 is 6.09 Å². The van der Waals surface area contributed by atoms with Gasteiger partial charge >= 0.3 is 6.09 Å². The van der Waals surface area contributed by atoms with Crippen LogP contribution in [0.5, 0.6) is 0 Å². The van der Waals surface area contributed by atoms with Gasteiger partial charge in [-0.3, -0.25) is 9.88 Å². The van der Waals surface area contributed by atoms with Crippen molar-refractivity contribution in [3.63, 3.8) is 0 Å². The monoisotopic (exact) mass is 289 g/mol. The zero-order valence-electron chi connectivity index (χ0n) is 12.9. The van der Waals surface area contributed by atoms with Crippen LogP contribution < -0.4 is 5.32 Å². The van der Waals surface area contributed by atoms with E-state index >= 15 is 0 Å². The predicted octanol–water partition coefficient (Wildman–Crippen LogP) is 2.28. The molecule has 0 spiro atoms. The van der Waals surface area contributed by atoms with Gasteiger partial charge in [0, 0.05) is 31.5 Å². The molecule has 0 radical (unpaired) electrons. The van der Waals surface area contributed by atoms with E-state index in [0.29, 0.717) is 0 Å². The van der Waals surface area contributed by atoms with Gasteiger partial charge in [-0.1, -0.05) is 0 Å². The average Bonchev–Trinajstić information content (AvgIpc) is 2.66. The number of rotatable bonds is 1. The van der Waals surface area contributed by atoms with Crippen molar-refractivity contribution in [2.75, 3.05) is 13.1 Å². The summed E-state index contributed by atoms with van der Waals surface area (Å²) in [5.41, 5.74) is 0.368. The minimum absolute atomic E-state index is 0.205. The van der Waals surface area contributed by atoms with Crippen LogP contribution in [0.3, 0.4) is 0 Å². The summed E-state index contributed by atoms with van der Waals surface area (Å²) in [6.45, 7) is 7.34. The second-order valence-corrected chi connectivity index (χ2v) is 6.94. The molecule has 114 valence electrons. The highest BCUT2D eigenvalue weighted by atomic mass is 16.6. The van der Waals surface area contributed by atoms with E-state index in [1.165, 1.54) is 0 Å². The van der Waals surface area contributed by atoms with E-state index in [9.17, 15) is 4.79 Å². The Morgan fingerprint density at radius 3 is 2.81 bits per heavy atom. The number of carbonyl (C=O) groups excluding carboxylic acids is 1. The maximum absolute atomic E-state index is 12.7. The molecular weight excluding hydrogens is 266 g/mol. The number of fused-ring (bicyclic) bond motifs is 2. The first-order chi connectivity index (χ1) is 9.92. The molecule has 0 aromatic carbocycles. The molecule has 1 aromatic heterocycles. The fourth-order valence-corrected chi connectivity index (χ4v) is 3.50. The average molecular weight is 289 g/mol. The van der Waals surface area contributed by atoms with E-state index in [1.807, 2.05) is 37.8 Å². The van der Waals surface area contributed by atoms with Crippen molar-refractivity contribution in [1.29, 1.82) is 0 Å². The molecule has 2 aliphatic heterocycles. The lowest BCUT2D eigenvalue weighted by atomic mass is 9.87. The SMILES string of the molecule is CC(C)(C)OC(=O)N1C2CCC1(c1ccncc1)CNC2. The van der Waals surface area contributed by atoms with Crippen LogP contribution in [-0.4, -0.2) is 40.7 Å². The first-order valence-corrected chi connectivity index (χ1v) is 7.56. The maximum Gasteiger partial charge on any atom is 0.411 e. The maximum atomic E-state index is 12.7. The van der Waals surface area contributed by atoms with Gasteiger partial charge in [0.1, 0.15) is 5.60 Å². The summed E-state index contributed by atoms with van der Waals surface area (Å²) in [5, 5.41) is 3.46. The molecule has 3 heterocycles. The second kappa shape index (κ2) is 4.98. The molecule has 21 heavy (non-hydrogen) atoms. The minimum Gasteiger partial charge on any atom is -0.444 e. The Morgan fingerprint density at radius 2 is 2.14 bits per heavy atom. The lowest BCUT2D eigenvalue weighted by Crippen LogP contribution is -2.61. The summed E-state index contributed by atoms with van der Waals surface area (Å²) in [5.74, 6) is 0. The van der Waals surface area contributed by atoms with Crippen molar-refractivity contribution < 1.29 is 9.53 Å². The Bertz CT molecular complexity index is 522. The number of hydrogen-bond acceptors (Lipinski definition) is 4. The highest BCUT2D eigenvalue weighted by Crippen LogP contribution is 2.44. The first-order valence-electron chi connectivity index (χ1n) is 7.56. The molecule has 0 aliphatic carbocycles. The minimum atomic E-state index is -0.471. The second-order valence-electron chi connectivity index (χ2n) is 6.94. The van der Waals surface area contributed by atoms with Crippen LogP contribution >= 0.6 is 0 Å². The molecule has 2 fully saturated rings. The van der Waals surface area contributed by atoms with Crippen LogP contribution in [0.25, 0.3) is 0 Å². The van der Waals surface area contributed by atoms with Crippen LogP contribution in [0.1, 0.15) is 39.2 Å². The Balaban J connectivity index is 1.96. The molecule has 0 saturated carbocycles. The van der Waals surface area contributed by atoms with Crippen LogP contribution in [0.4, 0.5) is 4.79 Å². The van der Waals surface area contributed by atoms with E-state index in [-0.39, 0.29) is 17.7 Å². The fraction of sp³-hybridized carbons (Fsp3) is 0.625. The number of nitrogens with one attached hydrogen (secondary N) is 1. The van der Waals surface area contributed by atoms with E-state index in [0.717, 1.165) is 31.5 Å². The zero-order chi connectivity index (χ0) is 15.1. The molecule has 2 atom stereocenters. The van der Waals surface area contributed by atoms with Crippen molar-refractivity contribution in [2.24, 2.45) is 0 Å². The fourth-order valence-electron chi connectivity index (χ4n) is 3.50. The molecule has 3 rings (SSSR count). The molecule has 1 N–H and O–H groups in total. The molecule has 1 aromatic rings. The summed E-state index contributed by atoms with van der Waals surface area (Å²) in [6.07, 6.45) is 5.35. The number of nitrogens with zero attached hydrogens (tertiary/aromatic N) is 2. The van der Waals surface area contributed by atoms with E-state index in [2.05, 4.69) is 10.3 Å². The predicted molar refractivity (Wildman–Crippen MR) is 79.9 cm³/mol. The molecule has 2 unspecified atom stereocenters. The third-order valence-corrected chi connectivity index (χ3v) is 4.32. The quantitative estimate of drug-likeness (QED) is 0.862. The van der Waals surface area contributed by atoms with Crippen LogP contribution in [-0.2, 0) is 10.3 Å². The Kier molecular flexibility index (Phi) is 3.40. The summed E-state index contributed by atoms with van der Waals surface area (Å²) in [7, 11) is 0. The molecule has 2 bridgehead atoms. The first kappa shape index (κ1) is 14.3. The van der Waals surface area contributed by atoms with Gasteiger partial charge in [-0.2, -0.15) is 0 Å². The normalized spacial score (nSPS) is 28.5. The molecular formula is C16H23N3O2. The smallest absolute Gasteiger partial charge is 0.411 e. The number of piperazine rings is 1. The number of aromatic nitrogens is 1. The van der Waals surface area contributed by atoms with E-state index < -0.39 is 5.60 Å². The summed E-state index contributed by atoms with van der Waals surface area (Å²) in [4.78, 5) is 18.8. The van der Waals surface area contributed by atoms with Gasteiger partial charge < -0.3 is 10.1 Å². The van der Waals surface area contributed by atoms with E-state index in [4.69, 9.17) is 4.74 Å². The van der Waals surface area contributed by atoms with Gasteiger partial charge in [0.15, 0.2) is 0 Å². The molecule has 5 heteroatoms. The Morgan fingerprint density at radius 1 is 1.43 bits per heavy atom. The Hall–Kier alpha value is -1.62. The lowest BCUT2D eigenvalue weighted by molar-refractivity contribution is -0.0115. The number of ether oxygens (including phenoxy) is 1. The number of hydrogen-bond donors (Lipinski definition) is 1. The van der Waals surface area contributed by atoms with Crippen molar-refractivity contribution in [3.8, 4) is 0 Å². The number of carbonyl (C=O) groups is 1. The van der Waals surface area contributed by atoms with Gasteiger partial charge in [-0.15, -0.1) is 0 Å². The lowest BCUT2D eigenvalue weighted by Gasteiger charge is -2.45.